The van der Waals surface area contributed by atoms with Crippen molar-refractivity contribution < 1.29 is 9.18 Å². The number of pyridine rings is 1. The summed E-state index contributed by atoms with van der Waals surface area (Å²) in [7, 11) is 0. The number of benzene rings is 3. The lowest BCUT2D eigenvalue weighted by atomic mass is 10.1. The van der Waals surface area contributed by atoms with Gasteiger partial charge in [-0.05, 0) is 53.9 Å². The van der Waals surface area contributed by atoms with E-state index >= 15 is 0 Å². The van der Waals surface area contributed by atoms with Crippen molar-refractivity contribution in [3.05, 3.63) is 125 Å². The van der Waals surface area contributed by atoms with Crippen molar-refractivity contribution in [1.29, 1.82) is 0 Å². The third-order valence-corrected chi connectivity index (χ3v) is 6.97. The fraction of sp³-hybridized carbons (Fsp3) is 0.138. The summed E-state index contributed by atoms with van der Waals surface area (Å²) in [6.07, 6.45) is 3.55. The van der Waals surface area contributed by atoms with Gasteiger partial charge in [0.1, 0.15) is 5.82 Å². The molecule has 0 spiro atoms. The zero-order chi connectivity index (χ0) is 24.9. The lowest BCUT2D eigenvalue weighted by Crippen LogP contribution is -2.22. The molecule has 0 saturated heterocycles. The minimum Gasteiger partial charge on any atom is -0.348 e. The van der Waals surface area contributed by atoms with Gasteiger partial charge in [0.15, 0.2) is 5.16 Å². The van der Waals surface area contributed by atoms with Gasteiger partial charge < -0.3 is 9.88 Å². The summed E-state index contributed by atoms with van der Waals surface area (Å²) in [4.78, 5) is 21.7. The van der Waals surface area contributed by atoms with E-state index in [9.17, 15) is 9.18 Å². The lowest BCUT2D eigenvalue weighted by molar-refractivity contribution is 0.0951. The molecule has 0 saturated carbocycles. The van der Waals surface area contributed by atoms with Gasteiger partial charge in [-0.15, -0.1) is 0 Å². The Morgan fingerprint density at radius 3 is 2.36 bits per heavy atom. The first-order valence-electron chi connectivity index (χ1n) is 11.7. The van der Waals surface area contributed by atoms with Gasteiger partial charge in [0.2, 0.25) is 0 Å². The maximum atomic E-state index is 13.3. The van der Waals surface area contributed by atoms with E-state index < -0.39 is 0 Å². The first-order chi connectivity index (χ1) is 17.5. The maximum Gasteiger partial charge on any atom is 0.251 e. The molecule has 0 aliphatic heterocycles. The second kappa shape index (κ2) is 10.7. The van der Waals surface area contributed by atoms with Crippen LogP contribution in [-0.2, 0) is 18.8 Å². The van der Waals surface area contributed by atoms with E-state index in [4.69, 9.17) is 4.98 Å². The first-order valence-corrected chi connectivity index (χ1v) is 12.6. The van der Waals surface area contributed by atoms with Gasteiger partial charge in [-0.25, -0.2) is 9.37 Å². The smallest absolute Gasteiger partial charge is 0.251 e. The highest BCUT2D eigenvalue weighted by molar-refractivity contribution is 7.98. The van der Waals surface area contributed by atoms with Gasteiger partial charge in [0, 0.05) is 24.1 Å². The molecular formula is C29H25FN4OS. The monoisotopic (exact) mass is 496 g/mol. The Labute approximate surface area is 213 Å². The molecule has 1 amide bonds. The molecule has 7 heteroatoms. The van der Waals surface area contributed by atoms with Crippen LogP contribution in [-0.4, -0.2) is 20.4 Å². The number of halogens is 1. The molecule has 5 nitrogen and oxygen atoms in total. The normalized spacial score (nSPS) is 11.1. The lowest BCUT2D eigenvalue weighted by Gasteiger charge is -2.10. The fourth-order valence-corrected chi connectivity index (χ4v) is 4.84. The number of amides is 1. The Kier molecular flexibility index (Phi) is 7.09. The van der Waals surface area contributed by atoms with Crippen LogP contribution in [0.4, 0.5) is 4.39 Å². The number of thioether (sulfide) groups is 1. The van der Waals surface area contributed by atoms with E-state index in [0.29, 0.717) is 24.4 Å². The Hall–Kier alpha value is -3.97. The number of imidazole rings is 1. The molecule has 2 heterocycles. The number of carbonyl (C=O) groups is 1. The average Bonchev–Trinajstić information content (AvgIpc) is 3.25. The molecule has 5 rings (SSSR count). The van der Waals surface area contributed by atoms with Crippen LogP contribution in [0, 0.1) is 12.7 Å². The molecule has 1 N–H and O–H groups in total. The van der Waals surface area contributed by atoms with Crippen LogP contribution < -0.4 is 5.32 Å². The van der Waals surface area contributed by atoms with Crippen LogP contribution in [0.3, 0.4) is 0 Å². The Balaban J connectivity index is 1.29. The quantitative estimate of drug-likeness (QED) is 0.262. The molecule has 180 valence electrons. The Bertz CT molecular complexity index is 1480. The summed E-state index contributed by atoms with van der Waals surface area (Å²) >= 11 is 1.60. The number of nitrogens with one attached hydrogen (secondary N) is 1. The van der Waals surface area contributed by atoms with Gasteiger partial charge in [0.05, 0.1) is 23.8 Å². The fourth-order valence-electron chi connectivity index (χ4n) is 3.87. The minimum atomic E-state index is -0.241. The summed E-state index contributed by atoms with van der Waals surface area (Å²) in [6.45, 7) is 3.13. The van der Waals surface area contributed by atoms with Crippen molar-refractivity contribution in [3.8, 4) is 0 Å². The second-order valence-electron chi connectivity index (χ2n) is 8.63. The number of nitrogens with zero attached hydrogens (tertiary/aromatic N) is 3. The van der Waals surface area contributed by atoms with Crippen molar-refractivity contribution in [2.45, 2.75) is 30.9 Å². The van der Waals surface area contributed by atoms with E-state index in [0.717, 1.165) is 32.9 Å². The zero-order valence-electron chi connectivity index (χ0n) is 19.8. The predicted molar refractivity (Wildman–Crippen MR) is 141 cm³/mol. The summed E-state index contributed by atoms with van der Waals surface area (Å²) < 4.78 is 15.4. The van der Waals surface area contributed by atoms with Crippen LogP contribution in [0.25, 0.3) is 11.0 Å². The molecule has 0 bridgehead atoms. The molecule has 0 fully saturated rings. The minimum absolute atomic E-state index is 0.102. The molecule has 0 aliphatic carbocycles. The molecule has 36 heavy (non-hydrogen) atoms. The van der Waals surface area contributed by atoms with Crippen LogP contribution in [0.15, 0.2) is 96.4 Å². The number of aromatic nitrogens is 3. The van der Waals surface area contributed by atoms with Gasteiger partial charge >= 0.3 is 0 Å². The maximum absolute atomic E-state index is 13.3. The number of hydrogen-bond donors (Lipinski definition) is 1. The summed E-state index contributed by atoms with van der Waals surface area (Å²) in [5.41, 5.74) is 6.78. The van der Waals surface area contributed by atoms with Crippen LogP contribution in [0.1, 0.15) is 32.6 Å². The van der Waals surface area contributed by atoms with Crippen molar-refractivity contribution in [3.63, 3.8) is 0 Å². The van der Waals surface area contributed by atoms with Crippen LogP contribution in [0.5, 0.6) is 0 Å². The van der Waals surface area contributed by atoms with Crippen LogP contribution >= 0.6 is 11.8 Å². The van der Waals surface area contributed by atoms with Gasteiger partial charge in [-0.3, -0.25) is 9.78 Å². The molecule has 0 unspecified atom stereocenters. The zero-order valence-corrected chi connectivity index (χ0v) is 20.6. The molecular weight excluding hydrogens is 471 g/mol. The van der Waals surface area contributed by atoms with Gasteiger partial charge in [0.25, 0.3) is 5.91 Å². The third-order valence-electron chi connectivity index (χ3n) is 5.93. The highest BCUT2D eigenvalue weighted by Gasteiger charge is 2.13. The SMILES string of the molecule is Cc1ccc(CNC(=O)c2ccc(Cn3c(SCc4ccc(F)cc4)nc4ccncc43)cc2)cc1. The van der Waals surface area contributed by atoms with E-state index in [1.165, 1.54) is 17.7 Å². The largest absolute Gasteiger partial charge is 0.348 e. The number of fused-ring (bicyclic) bond motifs is 1. The Morgan fingerprint density at radius 2 is 1.61 bits per heavy atom. The van der Waals surface area contributed by atoms with Gasteiger partial charge in [-0.2, -0.15) is 0 Å². The van der Waals surface area contributed by atoms with Crippen molar-refractivity contribution >= 4 is 28.7 Å². The third kappa shape index (κ3) is 5.63. The van der Waals surface area contributed by atoms with Crippen LogP contribution in [0.2, 0.25) is 0 Å². The molecule has 3 aromatic carbocycles. The van der Waals surface area contributed by atoms with E-state index in [1.54, 1.807) is 30.1 Å². The highest BCUT2D eigenvalue weighted by Crippen LogP contribution is 2.27. The molecule has 5 aromatic rings. The standard InChI is InChI=1S/C29H25FN4OS/c1-20-2-4-21(5-3-20)16-32-28(35)24-10-6-22(7-11-24)18-34-27-17-31-15-14-26(27)33-29(34)36-19-23-8-12-25(30)13-9-23/h2-15,17H,16,18-19H2,1H3,(H,32,35). The Morgan fingerprint density at radius 1 is 0.917 bits per heavy atom. The van der Waals surface area contributed by atoms with Crippen molar-refractivity contribution in [2.75, 3.05) is 0 Å². The number of carbonyl (C=O) groups excluding carboxylic acids is 1. The number of hydrogen-bond acceptors (Lipinski definition) is 4. The highest BCUT2D eigenvalue weighted by atomic mass is 32.2. The molecule has 0 radical (unpaired) electrons. The van der Waals surface area contributed by atoms with Gasteiger partial charge in [-0.1, -0.05) is 65.9 Å². The molecule has 0 aliphatic rings. The topological polar surface area (TPSA) is 59.8 Å². The predicted octanol–water partition coefficient (Wildman–Crippen LogP) is 6.15. The summed E-state index contributed by atoms with van der Waals surface area (Å²) in [5, 5.41) is 3.84. The van der Waals surface area contributed by atoms with E-state index in [2.05, 4.69) is 14.9 Å². The average molecular weight is 497 g/mol. The summed E-state index contributed by atoms with van der Waals surface area (Å²) in [6, 6.07) is 24.2. The van der Waals surface area contributed by atoms with E-state index in [1.807, 2.05) is 67.7 Å². The van der Waals surface area contributed by atoms with E-state index in [-0.39, 0.29) is 11.7 Å². The number of rotatable bonds is 8. The number of aryl methyl sites for hydroxylation is 1. The van der Waals surface area contributed by atoms with Crippen molar-refractivity contribution in [1.82, 2.24) is 19.9 Å². The summed E-state index contributed by atoms with van der Waals surface area (Å²) in [5.74, 6) is 0.334. The molecule has 2 aromatic heterocycles. The molecule has 0 atom stereocenters. The second-order valence-corrected chi connectivity index (χ2v) is 9.57. The van der Waals surface area contributed by atoms with Crippen molar-refractivity contribution in [2.24, 2.45) is 0 Å². The first kappa shape index (κ1) is 23.8.